The predicted molar refractivity (Wildman–Crippen MR) is 89.6 cm³/mol. The van der Waals surface area contributed by atoms with Crippen molar-refractivity contribution in [3.8, 4) is 0 Å². The monoisotopic (exact) mass is 315 g/mol. The summed E-state index contributed by atoms with van der Waals surface area (Å²) in [6, 6.07) is 12.7. The van der Waals surface area contributed by atoms with Gasteiger partial charge in [-0.1, -0.05) is 47.5 Å². The average molecular weight is 316 g/mol. The van der Waals surface area contributed by atoms with Crippen molar-refractivity contribution in [3.05, 3.63) is 64.2 Å². The van der Waals surface area contributed by atoms with Gasteiger partial charge in [0.25, 0.3) is 0 Å². The zero-order chi connectivity index (χ0) is 16.1. The molecule has 0 aliphatic heterocycles. The summed E-state index contributed by atoms with van der Waals surface area (Å²) < 4.78 is 0. The lowest BCUT2D eigenvalue weighted by atomic mass is 10.0. The number of rotatable bonds is 5. The zero-order valence-electron chi connectivity index (χ0n) is 12.7. The highest BCUT2D eigenvalue weighted by atomic mass is 35.5. The molecule has 0 atom stereocenters. The van der Waals surface area contributed by atoms with Crippen LogP contribution in [-0.2, 0) is 4.79 Å². The SMILES string of the molecule is Cc1ccc(C(=O)CCC(=O)Nc2ccc(C)c(Cl)c2)cc1. The lowest BCUT2D eigenvalue weighted by molar-refractivity contribution is -0.116. The lowest BCUT2D eigenvalue weighted by Crippen LogP contribution is -2.13. The molecule has 0 bridgehead atoms. The number of halogens is 1. The van der Waals surface area contributed by atoms with Gasteiger partial charge in [0, 0.05) is 29.1 Å². The Labute approximate surface area is 135 Å². The minimum Gasteiger partial charge on any atom is -0.326 e. The predicted octanol–water partition coefficient (Wildman–Crippen LogP) is 4.56. The molecule has 2 rings (SSSR count). The molecule has 114 valence electrons. The number of hydrogen-bond acceptors (Lipinski definition) is 2. The quantitative estimate of drug-likeness (QED) is 0.822. The molecule has 0 unspecified atom stereocenters. The summed E-state index contributed by atoms with van der Waals surface area (Å²) in [5.74, 6) is -0.225. The summed E-state index contributed by atoms with van der Waals surface area (Å²) in [6.07, 6.45) is 0.340. The van der Waals surface area contributed by atoms with Crippen LogP contribution in [0.2, 0.25) is 5.02 Å². The first-order chi connectivity index (χ1) is 10.5. The fourth-order valence-electron chi connectivity index (χ4n) is 2.00. The smallest absolute Gasteiger partial charge is 0.224 e. The second-order valence-corrected chi connectivity index (χ2v) is 5.71. The summed E-state index contributed by atoms with van der Waals surface area (Å²) in [5, 5.41) is 3.36. The first kappa shape index (κ1) is 16.2. The number of anilines is 1. The van der Waals surface area contributed by atoms with E-state index in [4.69, 9.17) is 11.6 Å². The van der Waals surface area contributed by atoms with Gasteiger partial charge < -0.3 is 5.32 Å². The van der Waals surface area contributed by atoms with E-state index >= 15 is 0 Å². The maximum absolute atomic E-state index is 12.0. The van der Waals surface area contributed by atoms with Crippen LogP contribution >= 0.6 is 11.6 Å². The van der Waals surface area contributed by atoms with E-state index in [-0.39, 0.29) is 24.5 Å². The van der Waals surface area contributed by atoms with Crippen LogP contribution in [0.4, 0.5) is 5.69 Å². The van der Waals surface area contributed by atoms with E-state index in [0.29, 0.717) is 16.3 Å². The molecule has 2 aromatic carbocycles. The van der Waals surface area contributed by atoms with Gasteiger partial charge in [0.1, 0.15) is 0 Å². The van der Waals surface area contributed by atoms with Gasteiger partial charge in [0.15, 0.2) is 5.78 Å². The van der Waals surface area contributed by atoms with E-state index in [1.165, 1.54) is 0 Å². The number of benzene rings is 2. The van der Waals surface area contributed by atoms with Crippen molar-refractivity contribution in [3.63, 3.8) is 0 Å². The van der Waals surface area contributed by atoms with Gasteiger partial charge in [-0.05, 0) is 31.5 Å². The van der Waals surface area contributed by atoms with Crippen molar-refractivity contribution in [2.45, 2.75) is 26.7 Å². The molecular weight excluding hydrogens is 298 g/mol. The normalized spacial score (nSPS) is 10.3. The Kier molecular flexibility index (Phi) is 5.34. The summed E-state index contributed by atoms with van der Waals surface area (Å²) in [7, 11) is 0. The number of ketones is 1. The van der Waals surface area contributed by atoms with Gasteiger partial charge in [-0.15, -0.1) is 0 Å². The molecule has 3 nitrogen and oxygen atoms in total. The molecule has 2 aromatic rings. The minimum atomic E-state index is -0.194. The summed E-state index contributed by atoms with van der Waals surface area (Å²) in [5.41, 5.74) is 3.33. The highest BCUT2D eigenvalue weighted by Crippen LogP contribution is 2.20. The van der Waals surface area contributed by atoms with Crippen molar-refractivity contribution in [1.82, 2.24) is 0 Å². The molecule has 0 spiro atoms. The Morgan fingerprint density at radius 2 is 1.68 bits per heavy atom. The van der Waals surface area contributed by atoms with Crippen molar-refractivity contribution in [2.75, 3.05) is 5.32 Å². The average Bonchev–Trinajstić information content (AvgIpc) is 2.49. The van der Waals surface area contributed by atoms with Crippen molar-refractivity contribution < 1.29 is 9.59 Å². The number of hydrogen-bond donors (Lipinski definition) is 1. The largest absolute Gasteiger partial charge is 0.326 e. The number of Topliss-reactive ketones (excluding diaryl/α,β-unsaturated/α-hetero) is 1. The zero-order valence-corrected chi connectivity index (χ0v) is 13.4. The third kappa shape index (κ3) is 4.43. The first-order valence-corrected chi connectivity index (χ1v) is 7.49. The van der Waals surface area contributed by atoms with Gasteiger partial charge in [-0.3, -0.25) is 9.59 Å². The maximum Gasteiger partial charge on any atom is 0.224 e. The summed E-state index contributed by atoms with van der Waals surface area (Å²) in [4.78, 5) is 23.9. The third-order valence-corrected chi connectivity index (χ3v) is 3.82. The van der Waals surface area contributed by atoms with Crippen LogP contribution < -0.4 is 5.32 Å². The van der Waals surface area contributed by atoms with Crippen LogP contribution in [0.3, 0.4) is 0 Å². The first-order valence-electron chi connectivity index (χ1n) is 7.11. The van der Waals surface area contributed by atoms with Gasteiger partial charge in [-0.2, -0.15) is 0 Å². The Morgan fingerprint density at radius 1 is 1.00 bits per heavy atom. The molecular formula is C18H18ClNO2. The van der Waals surface area contributed by atoms with E-state index in [9.17, 15) is 9.59 Å². The molecule has 0 aliphatic rings. The standard InChI is InChI=1S/C18H18ClNO2/c1-12-3-6-14(7-4-12)17(21)9-10-18(22)20-15-8-5-13(2)16(19)11-15/h3-8,11H,9-10H2,1-2H3,(H,20,22). The Hall–Kier alpha value is -2.13. The topological polar surface area (TPSA) is 46.2 Å². The number of aryl methyl sites for hydroxylation is 2. The van der Waals surface area contributed by atoms with E-state index in [1.54, 1.807) is 24.3 Å². The van der Waals surface area contributed by atoms with Gasteiger partial charge >= 0.3 is 0 Å². The Morgan fingerprint density at radius 3 is 2.32 bits per heavy atom. The van der Waals surface area contributed by atoms with Gasteiger partial charge in [-0.25, -0.2) is 0 Å². The maximum atomic E-state index is 12.0. The fourth-order valence-corrected chi connectivity index (χ4v) is 2.19. The molecule has 0 saturated heterocycles. The van der Waals surface area contributed by atoms with E-state index in [2.05, 4.69) is 5.32 Å². The number of amides is 1. The lowest BCUT2D eigenvalue weighted by Gasteiger charge is -2.07. The number of carbonyl (C=O) groups is 2. The summed E-state index contributed by atoms with van der Waals surface area (Å²) in [6.45, 7) is 3.86. The second kappa shape index (κ2) is 7.23. The summed E-state index contributed by atoms with van der Waals surface area (Å²) >= 11 is 6.01. The fraction of sp³-hybridized carbons (Fsp3) is 0.222. The molecule has 0 saturated carbocycles. The molecule has 0 fully saturated rings. The van der Waals surface area contributed by atoms with Crippen LogP contribution in [0.1, 0.15) is 34.3 Å². The minimum absolute atomic E-state index is 0.0305. The van der Waals surface area contributed by atoms with E-state index in [1.807, 2.05) is 32.0 Å². The Bertz CT molecular complexity index is 693. The van der Waals surface area contributed by atoms with Gasteiger partial charge in [0.2, 0.25) is 5.91 Å². The van der Waals surface area contributed by atoms with Crippen LogP contribution in [0.15, 0.2) is 42.5 Å². The number of nitrogens with one attached hydrogen (secondary N) is 1. The van der Waals surface area contributed by atoms with Gasteiger partial charge in [0.05, 0.1) is 0 Å². The van der Waals surface area contributed by atoms with Crippen LogP contribution in [-0.4, -0.2) is 11.7 Å². The molecule has 4 heteroatoms. The van der Waals surface area contributed by atoms with Crippen LogP contribution in [0.25, 0.3) is 0 Å². The Balaban J connectivity index is 1.88. The molecule has 0 aromatic heterocycles. The molecule has 1 amide bonds. The molecule has 1 N–H and O–H groups in total. The molecule has 22 heavy (non-hydrogen) atoms. The van der Waals surface area contributed by atoms with Crippen molar-refractivity contribution in [1.29, 1.82) is 0 Å². The molecule has 0 radical (unpaired) electrons. The highest BCUT2D eigenvalue weighted by molar-refractivity contribution is 6.31. The third-order valence-electron chi connectivity index (χ3n) is 3.41. The number of carbonyl (C=O) groups excluding carboxylic acids is 2. The van der Waals surface area contributed by atoms with E-state index in [0.717, 1.165) is 11.1 Å². The van der Waals surface area contributed by atoms with E-state index < -0.39 is 0 Å². The second-order valence-electron chi connectivity index (χ2n) is 5.30. The van der Waals surface area contributed by atoms with Crippen molar-refractivity contribution in [2.24, 2.45) is 0 Å². The molecule has 0 heterocycles. The van der Waals surface area contributed by atoms with Crippen molar-refractivity contribution >= 4 is 29.0 Å². The van der Waals surface area contributed by atoms with Crippen LogP contribution in [0.5, 0.6) is 0 Å². The molecule has 0 aliphatic carbocycles. The van der Waals surface area contributed by atoms with Crippen LogP contribution in [0, 0.1) is 13.8 Å². The highest BCUT2D eigenvalue weighted by Gasteiger charge is 2.10.